The Balaban J connectivity index is 0. The summed E-state index contributed by atoms with van der Waals surface area (Å²) in [6, 6.07) is 0. The van der Waals surface area contributed by atoms with Crippen LogP contribution in [0.25, 0.3) is 0 Å². The van der Waals surface area contributed by atoms with Crippen molar-refractivity contribution in [2.45, 2.75) is 116 Å². The summed E-state index contributed by atoms with van der Waals surface area (Å²) in [4.78, 5) is 0. The second kappa shape index (κ2) is 10.1. The fraction of sp³-hybridized carbons (Fsp3) is 1.00. The van der Waals surface area contributed by atoms with E-state index in [0.29, 0.717) is 0 Å². The fourth-order valence-electron chi connectivity index (χ4n) is 5.01. The van der Waals surface area contributed by atoms with Gasteiger partial charge in [-0.15, -0.1) is 0 Å². The molecule has 0 aromatic rings. The van der Waals surface area contributed by atoms with E-state index in [-0.39, 0.29) is 29.6 Å². The molecule has 0 rings (SSSR count). The molecule has 0 fully saturated rings. The summed E-state index contributed by atoms with van der Waals surface area (Å²) in [5.41, 5.74) is 5.20. The Morgan fingerprint density at radius 2 is 0.545 bits per heavy atom. The van der Waals surface area contributed by atoms with E-state index < -0.39 is 14.4 Å². The van der Waals surface area contributed by atoms with E-state index in [0.717, 1.165) is 33.2 Å². The summed E-state index contributed by atoms with van der Waals surface area (Å²) < 4.78 is 0. The molecule has 0 unspecified atom stereocenters. The van der Waals surface area contributed by atoms with Crippen molar-refractivity contribution in [1.82, 2.24) is 0 Å². The predicted molar refractivity (Wildman–Crippen MR) is 117 cm³/mol. The topological polar surface area (TPSA) is 0 Å². The Morgan fingerprint density at radius 3 is 0.636 bits per heavy atom. The predicted octanol–water partition coefficient (Wildman–Crippen LogP) is 7.42. The number of hydrogen-bond acceptors (Lipinski definition) is 1. The van der Waals surface area contributed by atoms with Gasteiger partial charge in [-0.05, 0) is 33.2 Å². The Labute approximate surface area is 170 Å². The summed E-state index contributed by atoms with van der Waals surface area (Å²) in [6.45, 7) is 30.2. The fourth-order valence-corrected chi connectivity index (χ4v) is 39.4. The molecule has 4 heteroatoms. The van der Waals surface area contributed by atoms with Crippen molar-refractivity contribution in [3.05, 3.63) is 0 Å². The molecule has 0 atom stereocenters. The van der Waals surface area contributed by atoms with Crippen molar-refractivity contribution >= 4 is 54.7 Å². The van der Waals surface area contributed by atoms with Crippen molar-refractivity contribution in [2.75, 3.05) is 0 Å². The molecule has 130 valence electrons. The third kappa shape index (κ3) is 4.91. The second-order valence-corrected chi connectivity index (χ2v) is 26.0. The zero-order valence-electron chi connectivity index (χ0n) is 16.9. The minimum atomic E-state index is -1.37. The van der Waals surface area contributed by atoms with Crippen LogP contribution in [0.2, 0.25) is 33.2 Å². The molecule has 0 saturated heterocycles. The van der Waals surface area contributed by atoms with Crippen molar-refractivity contribution in [3.8, 4) is 0 Å². The van der Waals surface area contributed by atoms with Gasteiger partial charge in [0, 0.05) is 0 Å². The molecular formula is C18H43NaSSi2. The molecule has 0 aromatic carbocycles. The van der Waals surface area contributed by atoms with Gasteiger partial charge in [-0.2, -0.15) is 0 Å². The molecule has 22 heavy (non-hydrogen) atoms. The van der Waals surface area contributed by atoms with Crippen LogP contribution in [0, 0.1) is 0 Å². The molecule has 0 amide bonds. The molecule has 0 aliphatic heterocycles. The van der Waals surface area contributed by atoms with Crippen molar-refractivity contribution < 1.29 is 0 Å². The average molecular weight is 371 g/mol. The van der Waals surface area contributed by atoms with Crippen LogP contribution in [0.5, 0.6) is 0 Å². The quantitative estimate of drug-likeness (QED) is 0.400. The van der Waals surface area contributed by atoms with E-state index in [1.54, 1.807) is 0 Å². The molecule has 0 saturated carbocycles. The molecule has 0 heterocycles. The van der Waals surface area contributed by atoms with Gasteiger partial charge in [-0.3, -0.25) is 0 Å². The van der Waals surface area contributed by atoms with Gasteiger partial charge in [0.25, 0.3) is 0 Å². The summed E-state index contributed by atoms with van der Waals surface area (Å²) in [7, 11) is -0.135. The summed E-state index contributed by atoms with van der Waals surface area (Å²) in [5, 5.41) is 0. The van der Waals surface area contributed by atoms with E-state index in [2.05, 4.69) is 93.7 Å². The van der Waals surface area contributed by atoms with Gasteiger partial charge >= 0.3 is 29.6 Å². The van der Waals surface area contributed by atoms with Crippen molar-refractivity contribution in [2.24, 2.45) is 0 Å². The van der Waals surface area contributed by atoms with Gasteiger partial charge in [0.1, 0.15) is 14.4 Å². The Morgan fingerprint density at radius 1 is 0.409 bits per heavy atom. The van der Waals surface area contributed by atoms with Gasteiger partial charge in [-0.25, -0.2) is 10.7 Å². The molecule has 0 aromatic heterocycles. The summed E-state index contributed by atoms with van der Waals surface area (Å²) in [6.07, 6.45) is 0. The first-order valence-corrected chi connectivity index (χ1v) is 15.8. The first kappa shape index (κ1) is 26.0. The number of rotatable bonds is 8. The first-order valence-electron chi connectivity index (χ1n) is 9.07. The van der Waals surface area contributed by atoms with Crippen LogP contribution < -0.4 is 0 Å². The molecule has 0 spiro atoms. The molecule has 0 radical (unpaired) electrons. The molecular weight excluding hydrogens is 327 g/mol. The zero-order chi connectivity index (χ0) is 17.2. The van der Waals surface area contributed by atoms with Gasteiger partial charge in [0.15, 0.2) is 0 Å². The van der Waals surface area contributed by atoms with Gasteiger partial charge in [0.2, 0.25) is 0 Å². The van der Waals surface area contributed by atoms with Gasteiger partial charge in [-0.1, -0.05) is 83.1 Å². The van der Waals surface area contributed by atoms with Gasteiger partial charge < -0.3 is 0 Å². The molecule has 0 nitrogen and oxygen atoms in total. The SMILES string of the molecule is CC(C)[Si](S[Si](C(C)C)(C(C)C)C(C)C)(C(C)C)C(C)C.[NaH]. The summed E-state index contributed by atoms with van der Waals surface area (Å²) >= 11 is 0. The van der Waals surface area contributed by atoms with Crippen LogP contribution in [0.3, 0.4) is 0 Å². The van der Waals surface area contributed by atoms with Crippen LogP contribution in [0.15, 0.2) is 0 Å². The maximum absolute atomic E-state index is 2.61. The molecule has 0 aliphatic carbocycles. The number of hydrogen-bond donors (Lipinski definition) is 0. The third-order valence-corrected chi connectivity index (χ3v) is 34.3. The Bertz CT molecular complexity index is 239. The average Bonchev–Trinajstić information content (AvgIpc) is 2.26. The van der Waals surface area contributed by atoms with Crippen LogP contribution in [0.4, 0.5) is 0 Å². The second-order valence-electron chi connectivity index (χ2n) is 8.74. The molecule has 0 N–H and O–H groups in total. The van der Waals surface area contributed by atoms with E-state index in [1.165, 1.54) is 0 Å². The van der Waals surface area contributed by atoms with Crippen LogP contribution in [0.1, 0.15) is 83.1 Å². The summed E-state index contributed by atoms with van der Waals surface area (Å²) in [5.74, 6) is 0. The first-order chi connectivity index (χ1) is 9.37. The third-order valence-electron chi connectivity index (χ3n) is 5.77. The van der Waals surface area contributed by atoms with E-state index in [1.807, 2.05) is 0 Å². The standard InChI is InChI=1S/C18H42SSi2.Na.H/c1-13(2)20(14(3)4,15(5)6)19-21(16(7)8,17(9)10)18(11)12;;/h13-18H,1-12H3;;. The normalized spacial score (nSPS) is 13.9. The van der Waals surface area contributed by atoms with Gasteiger partial charge in [0.05, 0.1) is 0 Å². The Kier molecular flexibility index (Phi) is 11.9. The van der Waals surface area contributed by atoms with Crippen LogP contribution >= 0.6 is 10.7 Å². The van der Waals surface area contributed by atoms with Crippen LogP contribution in [-0.4, -0.2) is 44.0 Å². The van der Waals surface area contributed by atoms with Crippen molar-refractivity contribution in [3.63, 3.8) is 0 Å². The Hall–Kier alpha value is 1.78. The van der Waals surface area contributed by atoms with E-state index in [4.69, 9.17) is 0 Å². The minimum absolute atomic E-state index is 0. The molecule has 0 aliphatic rings. The maximum atomic E-state index is 2.61. The van der Waals surface area contributed by atoms with Crippen LogP contribution in [-0.2, 0) is 0 Å². The monoisotopic (exact) mass is 370 g/mol. The zero-order valence-corrected chi connectivity index (χ0v) is 19.7. The van der Waals surface area contributed by atoms with Crippen molar-refractivity contribution in [1.29, 1.82) is 0 Å². The van der Waals surface area contributed by atoms with E-state index in [9.17, 15) is 0 Å². The van der Waals surface area contributed by atoms with E-state index >= 15 is 0 Å². The molecule has 0 bridgehead atoms.